The summed E-state index contributed by atoms with van der Waals surface area (Å²) in [5, 5.41) is 0. The average molecular weight is 510 g/mol. The molecule has 0 aromatic heterocycles. The number of imide groups is 3. The molecule has 1 fully saturated rings. The van der Waals surface area contributed by atoms with Gasteiger partial charge < -0.3 is 14.4 Å². The first-order valence-corrected chi connectivity index (χ1v) is 12.6. The van der Waals surface area contributed by atoms with Gasteiger partial charge >= 0.3 is 12.2 Å². The highest BCUT2D eigenvalue weighted by Crippen LogP contribution is 2.26. The minimum atomic E-state index is -1.04. The first-order chi connectivity index (χ1) is 17.2. The fraction of sp³-hybridized carbons (Fsp3) is 0.483. The lowest BCUT2D eigenvalue weighted by molar-refractivity contribution is -0.135. The van der Waals surface area contributed by atoms with E-state index < -0.39 is 35.3 Å². The van der Waals surface area contributed by atoms with Gasteiger partial charge in [-0.2, -0.15) is 0 Å². The number of amides is 3. The molecule has 3 amide bonds. The molecule has 0 spiro atoms. The van der Waals surface area contributed by atoms with Gasteiger partial charge in [0.15, 0.2) is 0 Å². The summed E-state index contributed by atoms with van der Waals surface area (Å²) >= 11 is 0. The number of carbonyl (C=O) groups is 3. The lowest BCUT2D eigenvalue weighted by Crippen LogP contribution is -2.61. The van der Waals surface area contributed by atoms with Crippen LogP contribution in [0.25, 0.3) is 0 Å². The Hall–Kier alpha value is -3.39. The van der Waals surface area contributed by atoms with E-state index in [1.165, 1.54) is 0 Å². The molecule has 0 radical (unpaired) electrons. The van der Waals surface area contributed by atoms with E-state index in [0.29, 0.717) is 31.1 Å². The number of piperazine rings is 1. The van der Waals surface area contributed by atoms with Gasteiger partial charge in [-0.3, -0.25) is 9.69 Å². The molecule has 3 rings (SSSR count). The van der Waals surface area contributed by atoms with Crippen LogP contribution in [0.15, 0.2) is 54.6 Å². The fourth-order valence-corrected chi connectivity index (χ4v) is 4.22. The molecule has 2 aromatic carbocycles. The number of hydrogen-bond acceptors (Lipinski definition) is 7. The summed E-state index contributed by atoms with van der Waals surface area (Å²) in [6.45, 7) is 14.2. The summed E-state index contributed by atoms with van der Waals surface area (Å²) in [5.74, 6) is -0.669. The number of benzene rings is 2. The van der Waals surface area contributed by atoms with Crippen molar-refractivity contribution in [2.75, 3.05) is 24.5 Å². The monoisotopic (exact) mass is 509 g/mol. The highest BCUT2D eigenvalue weighted by molar-refractivity contribution is 6.08. The van der Waals surface area contributed by atoms with E-state index >= 15 is 0 Å². The summed E-state index contributed by atoms with van der Waals surface area (Å²) in [6, 6.07) is 17.0. The minimum Gasteiger partial charge on any atom is -0.443 e. The number of carbonyl (C=O) groups excluding carboxylic acids is 3. The van der Waals surface area contributed by atoms with Crippen molar-refractivity contribution in [2.24, 2.45) is 0 Å². The molecule has 1 aliphatic rings. The van der Waals surface area contributed by atoms with Crippen LogP contribution in [0.2, 0.25) is 0 Å². The largest absolute Gasteiger partial charge is 0.443 e. The zero-order chi connectivity index (χ0) is 27.4. The number of para-hydroxylation sites is 1. The number of rotatable bonds is 4. The molecular formula is C29H39N3O5. The topological polar surface area (TPSA) is 79.4 Å². The van der Waals surface area contributed by atoms with E-state index in [4.69, 9.17) is 9.47 Å². The van der Waals surface area contributed by atoms with Crippen LogP contribution >= 0.6 is 0 Å². The van der Waals surface area contributed by atoms with Crippen LogP contribution in [0.1, 0.15) is 52.7 Å². The third-order valence-corrected chi connectivity index (χ3v) is 5.83. The zero-order valence-electron chi connectivity index (χ0n) is 23.0. The Balaban J connectivity index is 1.98. The Morgan fingerprint density at radius 2 is 1.38 bits per heavy atom. The number of nitrogens with zero attached hydrogens (tertiary/aromatic N) is 3. The Morgan fingerprint density at radius 1 is 0.838 bits per heavy atom. The second-order valence-corrected chi connectivity index (χ2v) is 11.3. The Labute approximate surface area is 220 Å². The maximum absolute atomic E-state index is 14.1. The van der Waals surface area contributed by atoms with E-state index in [2.05, 4.69) is 4.90 Å². The second kappa shape index (κ2) is 11.3. The summed E-state index contributed by atoms with van der Waals surface area (Å²) in [4.78, 5) is 45.1. The van der Waals surface area contributed by atoms with Crippen molar-refractivity contribution in [1.82, 2.24) is 9.80 Å². The number of anilines is 1. The molecular weight excluding hydrogens is 470 g/mol. The van der Waals surface area contributed by atoms with Gasteiger partial charge in [-0.25, -0.2) is 9.59 Å². The molecule has 1 aliphatic heterocycles. The van der Waals surface area contributed by atoms with Gasteiger partial charge in [0.05, 0.1) is 0 Å². The van der Waals surface area contributed by atoms with Crippen molar-refractivity contribution >= 4 is 23.8 Å². The second-order valence-electron chi connectivity index (χ2n) is 11.3. The summed E-state index contributed by atoms with van der Waals surface area (Å²) in [6.07, 6.45) is -2.08. The maximum Gasteiger partial charge on any atom is 0.426 e. The molecule has 0 saturated carbocycles. The van der Waals surface area contributed by atoms with Crippen molar-refractivity contribution in [1.29, 1.82) is 0 Å². The van der Waals surface area contributed by atoms with Crippen LogP contribution in [-0.2, 0) is 20.8 Å². The van der Waals surface area contributed by atoms with Gasteiger partial charge in [0.1, 0.15) is 17.2 Å². The number of hydrogen-bond donors (Lipinski definition) is 0. The normalized spacial score (nSPS) is 16.7. The van der Waals surface area contributed by atoms with Gasteiger partial charge in [0, 0.05) is 31.9 Å². The van der Waals surface area contributed by atoms with Gasteiger partial charge in [0.25, 0.3) is 5.91 Å². The fourth-order valence-electron chi connectivity index (χ4n) is 4.22. The van der Waals surface area contributed by atoms with E-state index in [1.54, 1.807) is 41.5 Å². The highest BCUT2D eigenvalue weighted by Gasteiger charge is 2.43. The van der Waals surface area contributed by atoms with Crippen LogP contribution < -0.4 is 4.90 Å². The molecule has 200 valence electrons. The third kappa shape index (κ3) is 7.79. The molecule has 1 atom stereocenters. The molecule has 8 heteroatoms. The number of ether oxygens (including phenoxy) is 2. The summed E-state index contributed by atoms with van der Waals surface area (Å²) < 4.78 is 10.9. The lowest BCUT2D eigenvalue weighted by atomic mass is 10.1. The van der Waals surface area contributed by atoms with Crippen molar-refractivity contribution in [3.63, 3.8) is 0 Å². The van der Waals surface area contributed by atoms with Crippen molar-refractivity contribution < 1.29 is 23.9 Å². The van der Waals surface area contributed by atoms with Crippen LogP contribution in [0.5, 0.6) is 0 Å². The average Bonchev–Trinajstić information content (AvgIpc) is 2.78. The molecule has 1 saturated heterocycles. The molecule has 0 N–H and O–H groups in total. The van der Waals surface area contributed by atoms with Crippen LogP contribution in [-0.4, -0.2) is 64.8 Å². The Bertz CT molecular complexity index is 1080. The van der Waals surface area contributed by atoms with Crippen molar-refractivity contribution in [2.45, 2.75) is 72.3 Å². The quantitative estimate of drug-likeness (QED) is 0.547. The molecule has 0 bridgehead atoms. The van der Waals surface area contributed by atoms with Gasteiger partial charge in [-0.15, -0.1) is 4.90 Å². The lowest BCUT2D eigenvalue weighted by Gasteiger charge is -2.43. The standard InChI is InChI=1S/C29H39N3O5/c1-21-13-11-12-16-23(21)31-18-17-30(19-22-14-9-8-10-15-22)24(20-31)25(33)32(26(34)36-28(2,3)4)27(35)37-29(5,6)7/h8-16,24H,17-20H2,1-7H3. The van der Waals surface area contributed by atoms with Gasteiger partial charge in [-0.1, -0.05) is 48.5 Å². The van der Waals surface area contributed by atoms with E-state index in [1.807, 2.05) is 66.4 Å². The minimum absolute atomic E-state index is 0.304. The first-order valence-electron chi connectivity index (χ1n) is 12.6. The first kappa shape index (κ1) is 28.2. The Morgan fingerprint density at radius 3 is 1.92 bits per heavy atom. The smallest absolute Gasteiger partial charge is 0.426 e. The van der Waals surface area contributed by atoms with Crippen LogP contribution in [0.3, 0.4) is 0 Å². The maximum atomic E-state index is 14.1. The van der Waals surface area contributed by atoms with Crippen molar-refractivity contribution in [3.05, 3.63) is 65.7 Å². The molecule has 2 aromatic rings. The van der Waals surface area contributed by atoms with E-state index in [0.717, 1.165) is 16.8 Å². The molecule has 1 unspecified atom stereocenters. The van der Waals surface area contributed by atoms with Crippen LogP contribution in [0, 0.1) is 6.92 Å². The third-order valence-electron chi connectivity index (χ3n) is 5.83. The van der Waals surface area contributed by atoms with Crippen LogP contribution in [0.4, 0.5) is 15.3 Å². The molecule has 0 aliphatic carbocycles. The van der Waals surface area contributed by atoms with E-state index in [9.17, 15) is 14.4 Å². The summed E-state index contributed by atoms with van der Waals surface area (Å²) in [5.41, 5.74) is 1.33. The SMILES string of the molecule is Cc1ccccc1N1CCN(Cc2ccccc2)C(C(=O)N(C(=O)OC(C)(C)C)C(=O)OC(C)(C)C)C1. The Kier molecular flexibility index (Phi) is 8.64. The van der Waals surface area contributed by atoms with Crippen molar-refractivity contribution in [3.8, 4) is 0 Å². The van der Waals surface area contributed by atoms with Gasteiger partial charge in [-0.05, 0) is 65.7 Å². The number of aryl methyl sites for hydroxylation is 1. The molecule has 1 heterocycles. The molecule has 8 nitrogen and oxygen atoms in total. The predicted octanol–water partition coefficient (Wildman–Crippen LogP) is 5.38. The van der Waals surface area contributed by atoms with Gasteiger partial charge in [0.2, 0.25) is 0 Å². The zero-order valence-corrected chi connectivity index (χ0v) is 23.0. The predicted molar refractivity (Wildman–Crippen MR) is 143 cm³/mol. The highest BCUT2D eigenvalue weighted by atomic mass is 16.6. The molecule has 37 heavy (non-hydrogen) atoms. The van der Waals surface area contributed by atoms with E-state index in [-0.39, 0.29) is 0 Å². The summed E-state index contributed by atoms with van der Waals surface area (Å²) in [7, 11) is 0.